The number of hydrogen-bond donors (Lipinski definition) is 4. The number of hydrogen-bond acceptors (Lipinski definition) is 10. The van der Waals surface area contributed by atoms with Crippen LogP contribution in [0.4, 0.5) is 0 Å². The van der Waals surface area contributed by atoms with E-state index in [0.717, 1.165) is 77.0 Å². The molecule has 0 aromatic heterocycles. The second-order valence-corrected chi connectivity index (χ2v) is 29.7. The maximum Gasteiger partial charge on any atom is 0.397 e. The lowest BCUT2D eigenvalue weighted by Crippen LogP contribution is -2.71. The van der Waals surface area contributed by atoms with Crippen LogP contribution in [0.3, 0.4) is 0 Å². The van der Waals surface area contributed by atoms with Crippen molar-refractivity contribution in [2.24, 2.45) is 79.8 Å². The molecule has 5 unspecified atom stereocenters. The van der Waals surface area contributed by atoms with Crippen LogP contribution in [-0.4, -0.2) is 88.7 Å². The minimum absolute atomic E-state index is 0.00107. The van der Waals surface area contributed by atoms with Gasteiger partial charge in [0.15, 0.2) is 5.79 Å². The molecule has 0 radical (unpaired) electrons. The Morgan fingerprint density at radius 2 is 1.49 bits per heavy atom. The highest BCUT2D eigenvalue weighted by molar-refractivity contribution is 7.80. The first-order chi connectivity index (χ1) is 32.5. The average Bonchev–Trinajstić information content (AvgIpc) is 3.85. The molecule has 11 nitrogen and oxygen atoms in total. The predicted molar refractivity (Wildman–Crippen MR) is 265 cm³/mol. The van der Waals surface area contributed by atoms with E-state index in [0.29, 0.717) is 68.0 Å². The Morgan fingerprint density at radius 3 is 2.16 bits per heavy atom. The minimum Gasteiger partial charge on any atom is -0.387 e. The van der Waals surface area contributed by atoms with E-state index in [9.17, 15) is 28.3 Å². The Bertz CT molecular complexity index is 2410. The summed E-state index contributed by atoms with van der Waals surface area (Å²) in [6, 6.07) is 0. The number of allylic oxidation sites excluding steroid dienone is 2. The molecule has 2 spiro atoms. The van der Waals surface area contributed by atoms with Gasteiger partial charge in [-0.25, -0.2) is 4.18 Å². The van der Waals surface area contributed by atoms with Gasteiger partial charge in [0.2, 0.25) is 5.79 Å². The first kappa shape index (κ1) is 49.7. The van der Waals surface area contributed by atoms with Crippen LogP contribution < -0.4 is 0 Å². The number of fused-ring (bicyclic) bond motifs is 10. The molecule has 0 amide bonds. The molecular formula is C58H88O11S. The molecule has 6 aliphatic heterocycles. The van der Waals surface area contributed by atoms with Gasteiger partial charge < -0.3 is 34.3 Å². The lowest BCUT2D eigenvalue weighted by Gasteiger charge is -2.68. The van der Waals surface area contributed by atoms with Crippen molar-refractivity contribution in [3.63, 3.8) is 0 Å². The fourth-order valence-corrected chi connectivity index (χ4v) is 21.9. The Labute approximate surface area is 419 Å². The largest absolute Gasteiger partial charge is 0.397 e. The Hall–Kier alpha value is -1.19. The van der Waals surface area contributed by atoms with Crippen LogP contribution in [0.25, 0.3) is 0 Å². The zero-order valence-electron chi connectivity index (χ0n) is 44.5. The van der Waals surface area contributed by atoms with Crippen molar-refractivity contribution in [2.45, 2.75) is 233 Å². The molecule has 6 heterocycles. The summed E-state index contributed by atoms with van der Waals surface area (Å²) >= 11 is 0. The summed E-state index contributed by atoms with van der Waals surface area (Å²) in [5.41, 5.74) is 4.66. The van der Waals surface area contributed by atoms with Gasteiger partial charge in [-0.05, 0) is 176 Å². The Balaban J connectivity index is 0.778. The van der Waals surface area contributed by atoms with Gasteiger partial charge in [-0.3, -0.25) is 4.55 Å². The third-order valence-corrected chi connectivity index (χ3v) is 25.4. The second-order valence-electron chi connectivity index (χ2n) is 28.7. The summed E-state index contributed by atoms with van der Waals surface area (Å²) in [7, 11) is -4.74. The summed E-state index contributed by atoms with van der Waals surface area (Å²) in [4.78, 5) is 0. The van der Waals surface area contributed by atoms with E-state index in [1.165, 1.54) is 35.1 Å². The molecule has 19 atom stereocenters. The predicted octanol–water partition coefficient (Wildman–Crippen LogP) is 10.6. The molecule has 6 saturated heterocycles. The quantitative estimate of drug-likeness (QED) is 0.135. The zero-order chi connectivity index (χ0) is 50.0. The van der Waals surface area contributed by atoms with E-state index in [-0.39, 0.29) is 51.5 Å². The lowest BCUT2D eigenvalue weighted by molar-refractivity contribution is -0.375. The SMILES string of the molecule is C[C@@H]([C@H]1CCC2C3=C(CC[C@@]21C)[C@]12CCC(O)(OC1)C(C)(C)C2[C@@H](OS(=O)(=O)O)C3)[C@H]1C[C@@H]2C[C@@](C)(OC2(C)C)[C@H](CC[C@@H](C)[C@H]2CCC3C4=C(CC[C@@]32C)[C@@]23COC(O)([C@@H](O)C2)C(C)(C)C3=CC4)O1. The summed E-state index contributed by atoms with van der Waals surface area (Å²) in [5, 5.41) is 34.7. The summed E-state index contributed by atoms with van der Waals surface area (Å²) in [6.45, 7) is 26.0. The molecule has 4 saturated carbocycles. The van der Waals surface area contributed by atoms with Crippen molar-refractivity contribution in [1.29, 1.82) is 0 Å². The highest BCUT2D eigenvalue weighted by Crippen LogP contribution is 2.74. The normalized spacial score (nSPS) is 52.2. The van der Waals surface area contributed by atoms with Crippen molar-refractivity contribution in [1.82, 2.24) is 0 Å². The Morgan fingerprint density at radius 1 is 0.814 bits per heavy atom. The molecule has 392 valence electrons. The van der Waals surface area contributed by atoms with Crippen LogP contribution in [0.2, 0.25) is 0 Å². The van der Waals surface area contributed by atoms with Gasteiger partial charge in [0.25, 0.3) is 0 Å². The monoisotopic (exact) mass is 993 g/mol. The van der Waals surface area contributed by atoms with Gasteiger partial charge in [0, 0.05) is 34.0 Å². The summed E-state index contributed by atoms with van der Waals surface area (Å²) in [5.74, 6) is -0.105. The van der Waals surface area contributed by atoms with Crippen LogP contribution in [0, 0.1) is 79.8 Å². The van der Waals surface area contributed by atoms with Crippen molar-refractivity contribution < 1.29 is 51.4 Å². The van der Waals surface area contributed by atoms with E-state index < -0.39 is 50.4 Å². The highest BCUT2D eigenvalue weighted by Gasteiger charge is 2.73. The van der Waals surface area contributed by atoms with Gasteiger partial charge in [-0.1, -0.05) is 89.3 Å². The second kappa shape index (κ2) is 15.3. The summed E-state index contributed by atoms with van der Waals surface area (Å²) in [6.07, 6.45) is 16.9. The van der Waals surface area contributed by atoms with Crippen LogP contribution in [0.1, 0.15) is 185 Å². The zero-order valence-corrected chi connectivity index (χ0v) is 45.3. The number of rotatable bonds is 8. The van der Waals surface area contributed by atoms with E-state index in [2.05, 4.69) is 68.4 Å². The molecule has 0 aromatic rings. The third-order valence-electron chi connectivity index (χ3n) is 24.9. The fourth-order valence-electron chi connectivity index (χ4n) is 21.4. The minimum atomic E-state index is -4.74. The highest BCUT2D eigenvalue weighted by atomic mass is 32.3. The van der Waals surface area contributed by atoms with Crippen molar-refractivity contribution in [2.75, 3.05) is 13.2 Å². The third kappa shape index (κ3) is 6.39. The Kier molecular flexibility index (Phi) is 10.8. The van der Waals surface area contributed by atoms with Gasteiger partial charge in [0.1, 0.15) is 6.10 Å². The smallest absolute Gasteiger partial charge is 0.387 e. The van der Waals surface area contributed by atoms with Crippen molar-refractivity contribution >= 4 is 10.4 Å². The average molecular weight is 993 g/mol. The molecule has 6 bridgehead atoms. The number of aliphatic hydroxyl groups excluding tert-OH is 1. The first-order valence-electron chi connectivity index (χ1n) is 28.1. The molecule has 12 heteroatoms. The van der Waals surface area contributed by atoms with Crippen molar-refractivity contribution in [3.8, 4) is 0 Å². The van der Waals surface area contributed by atoms with Crippen LogP contribution in [0.15, 0.2) is 33.9 Å². The van der Waals surface area contributed by atoms with Crippen LogP contribution >= 0.6 is 0 Å². The molecule has 70 heavy (non-hydrogen) atoms. The van der Waals surface area contributed by atoms with E-state index in [1.54, 1.807) is 5.57 Å². The van der Waals surface area contributed by atoms with E-state index >= 15 is 0 Å². The topological polar surface area (TPSA) is 161 Å². The van der Waals surface area contributed by atoms with Gasteiger partial charge in [-0.2, -0.15) is 8.42 Å². The first-order valence-corrected chi connectivity index (χ1v) is 29.4. The molecule has 0 aromatic carbocycles. The lowest BCUT2D eigenvalue weighted by atomic mass is 9.42. The fraction of sp³-hybridized carbons (Fsp3) is 0.897. The molecular weight excluding hydrogens is 905 g/mol. The molecule has 14 aliphatic rings. The van der Waals surface area contributed by atoms with E-state index in [4.69, 9.17) is 23.1 Å². The van der Waals surface area contributed by atoms with Gasteiger partial charge in [-0.15, -0.1) is 0 Å². The number of ether oxygens (including phenoxy) is 4. The molecule has 10 fully saturated rings. The standard InChI is InChI=1S/C58H88O11S/c1-32(37-14-16-39-35-13-18-45-49(3,4)58(61)46(59)29-56(45,31-66-58)41(35)20-22-52(37,39)9)12-19-47-54(11)28-34(51(7,8)69-54)26-43(67-47)33(2)38-15-17-40-36-27-44(68-70(62,63)64)48-50(5,6)57(60)25-24-55(48,30-65-57)42(36)21-23-53(38,40)10/h18,32-34,37-40,43-44,46-48,59-61H,12-17,19-31H2,1-11H3,(H,62,63,64)/t32-,33+,34-,37-,38-,39?,40?,43-,44+,46+,47+,48?,52-,53-,54-,55+,56+,57?,58?/m1/s1. The van der Waals surface area contributed by atoms with Crippen LogP contribution in [0.5, 0.6) is 0 Å². The molecule has 4 N–H and O–H groups in total. The van der Waals surface area contributed by atoms with Gasteiger partial charge >= 0.3 is 10.4 Å². The van der Waals surface area contributed by atoms with Crippen molar-refractivity contribution in [3.05, 3.63) is 33.9 Å². The van der Waals surface area contributed by atoms with Crippen LogP contribution in [-0.2, 0) is 33.5 Å². The maximum absolute atomic E-state index is 12.6. The van der Waals surface area contributed by atoms with Gasteiger partial charge in [0.05, 0.1) is 42.7 Å². The molecule has 8 aliphatic carbocycles. The maximum atomic E-state index is 12.6. The summed E-state index contributed by atoms with van der Waals surface area (Å²) < 4.78 is 68.4. The number of aliphatic hydroxyl groups is 3. The van der Waals surface area contributed by atoms with E-state index in [1.807, 2.05) is 13.8 Å². The molecule has 14 rings (SSSR count).